The number of carbonyl (C=O) groups is 1. The number of guanidine groups is 1. The largest absolute Gasteiger partial charge is 0.357 e. The number of rotatable bonds is 8. The topological polar surface area (TPSA) is 56.7 Å². The average Bonchev–Trinajstić information content (AvgIpc) is 3.50. The van der Waals surface area contributed by atoms with Gasteiger partial charge < -0.3 is 15.5 Å². The highest BCUT2D eigenvalue weighted by atomic mass is 127. The zero-order valence-electron chi connectivity index (χ0n) is 17.4. The lowest BCUT2D eigenvalue weighted by Gasteiger charge is -2.21. The minimum Gasteiger partial charge on any atom is -0.357 e. The molecule has 7 heteroatoms. The SMILES string of the molecule is CCNC(=NCC1(c2ccc(F)cc2)CC1)NCCCN1CCCCCC1=O.I. The molecular formula is C22H34FIN4O. The molecule has 162 valence electrons. The molecule has 1 heterocycles. The van der Waals surface area contributed by atoms with Crippen LogP contribution in [-0.4, -0.2) is 49.5 Å². The average molecular weight is 516 g/mol. The lowest BCUT2D eigenvalue weighted by molar-refractivity contribution is -0.130. The van der Waals surface area contributed by atoms with Crippen LogP contribution in [0, 0.1) is 5.82 Å². The molecular weight excluding hydrogens is 482 g/mol. The smallest absolute Gasteiger partial charge is 0.222 e. The van der Waals surface area contributed by atoms with Gasteiger partial charge in [0.05, 0.1) is 6.54 Å². The second-order valence-corrected chi connectivity index (χ2v) is 7.95. The van der Waals surface area contributed by atoms with E-state index in [4.69, 9.17) is 4.99 Å². The molecule has 0 spiro atoms. The fraction of sp³-hybridized carbons (Fsp3) is 0.636. The van der Waals surface area contributed by atoms with E-state index >= 15 is 0 Å². The Labute approximate surface area is 190 Å². The van der Waals surface area contributed by atoms with E-state index < -0.39 is 0 Å². The summed E-state index contributed by atoms with van der Waals surface area (Å²) in [6.45, 7) is 6.07. The summed E-state index contributed by atoms with van der Waals surface area (Å²) in [6, 6.07) is 6.84. The fourth-order valence-corrected chi connectivity index (χ4v) is 3.82. The molecule has 1 aliphatic carbocycles. The van der Waals surface area contributed by atoms with Crippen LogP contribution in [0.15, 0.2) is 29.3 Å². The first-order chi connectivity index (χ1) is 13.6. The summed E-state index contributed by atoms with van der Waals surface area (Å²) >= 11 is 0. The van der Waals surface area contributed by atoms with Crippen molar-refractivity contribution in [2.45, 2.75) is 57.3 Å². The summed E-state index contributed by atoms with van der Waals surface area (Å²) in [4.78, 5) is 18.9. The van der Waals surface area contributed by atoms with Crippen molar-refractivity contribution in [1.82, 2.24) is 15.5 Å². The number of likely N-dealkylation sites (tertiary alicyclic amines) is 1. The van der Waals surface area contributed by atoms with E-state index in [0.29, 0.717) is 18.9 Å². The van der Waals surface area contributed by atoms with Gasteiger partial charge in [-0.3, -0.25) is 9.79 Å². The van der Waals surface area contributed by atoms with Crippen LogP contribution in [0.4, 0.5) is 4.39 Å². The van der Waals surface area contributed by atoms with Crippen LogP contribution in [0.3, 0.4) is 0 Å². The summed E-state index contributed by atoms with van der Waals surface area (Å²) < 4.78 is 13.2. The lowest BCUT2D eigenvalue weighted by atomic mass is 9.96. The Morgan fingerprint density at radius 2 is 1.93 bits per heavy atom. The maximum Gasteiger partial charge on any atom is 0.222 e. The summed E-state index contributed by atoms with van der Waals surface area (Å²) in [6.07, 6.45) is 7.11. The van der Waals surface area contributed by atoms with Crippen molar-refractivity contribution in [3.05, 3.63) is 35.6 Å². The predicted octanol–water partition coefficient (Wildman–Crippen LogP) is 3.82. The van der Waals surface area contributed by atoms with E-state index in [1.807, 2.05) is 17.0 Å². The van der Waals surface area contributed by atoms with Crippen molar-refractivity contribution in [1.29, 1.82) is 0 Å². The van der Waals surface area contributed by atoms with Crippen LogP contribution in [0.25, 0.3) is 0 Å². The summed E-state index contributed by atoms with van der Waals surface area (Å²) in [5.41, 5.74) is 1.24. The Kier molecular flexibility index (Phi) is 9.65. The monoisotopic (exact) mass is 516 g/mol. The van der Waals surface area contributed by atoms with Gasteiger partial charge in [-0.15, -0.1) is 24.0 Å². The Balaban J connectivity index is 0.00000300. The molecule has 0 aromatic heterocycles. The molecule has 0 radical (unpaired) electrons. The van der Waals surface area contributed by atoms with Gasteiger partial charge in [-0.25, -0.2) is 4.39 Å². The van der Waals surface area contributed by atoms with Crippen LogP contribution in [-0.2, 0) is 10.2 Å². The number of benzene rings is 1. The Morgan fingerprint density at radius 3 is 2.62 bits per heavy atom. The third-order valence-electron chi connectivity index (χ3n) is 5.76. The van der Waals surface area contributed by atoms with Gasteiger partial charge in [-0.05, 0) is 56.7 Å². The second-order valence-electron chi connectivity index (χ2n) is 7.95. The van der Waals surface area contributed by atoms with Gasteiger partial charge in [0.15, 0.2) is 5.96 Å². The second kappa shape index (κ2) is 11.7. The number of halogens is 2. The van der Waals surface area contributed by atoms with Crippen LogP contribution in [0.1, 0.15) is 57.4 Å². The van der Waals surface area contributed by atoms with Crippen LogP contribution >= 0.6 is 24.0 Å². The highest BCUT2D eigenvalue weighted by Crippen LogP contribution is 2.48. The first kappa shape index (κ1) is 23.9. The van der Waals surface area contributed by atoms with Gasteiger partial charge in [0.2, 0.25) is 5.91 Å². The Hall–Kier alpha value is -1.38. The van der Waals surface area contributed by atoms with Gasteiger partial charge >= 0.3 is 0 Å². The van der Waals surface area contributed by atoms with E-state index in [1.165, 1.54) is 17.7 Å². The molecule has 1 aliphatic heterocycles. The molecule has 1 saturated carbocycles. The third-order valence-corrected chi connectivity index (χ3v) is 5.76. The maximum absolute atomic E-state index is 13.2. The van der Waals surface area contributed by atoms with E-state index in [1.54, 1.807) is 0 Å². The van der Waals surface area contributed by atoms with Crippen LogP contribution in [0.2, 0.25) is 0 Å². The number of carbonyl (C=O) groups excluding carboxylic acids is 1. The zero-order chi connectivity index (χ0) is 19.8. The summed E-state index contributed by atoms with van der Waals surface area (Å²) in [7, 11) is 0. The number of nitrogens with one attached hydrogen (secondary N) is 2. The van der Waals surface area contributed by atoms with Crippen molar-refractivity contribution in [3.63, 3.8) is 0 Å². The number of amides is 1. The number of hydrogen-bond donors (Lipinski definition) is 2. The van der Waals surface area contributed by atoms with E-state index in [-0.39, 0.29) is 35.2 Å². The standard InChI is InChI=1S/C22H33FN4O.HI/c1-2-24-21(25-14-6-16-27-15-5-3-4-7-20(27)28)26-17-22(12-13-22)18-8-10-19(23)11-9-18;/h8-11H,2-7,12-17H2,1H3,(H2,24,25,26);1H. The lowest BCUT2D eigenvalue weighted by Crippen LogP contribution is -2.40. The zero-order valence-corrected chi connectivity index (χ0v) is 19.7. The Morgan fingerprint density at radius 1 is 1.17 bits per heavy atom. The van der Waals surface area contributed by atoms with Crippen LogP contribution in [0.5, 0.6) is 0 Å². The van der Waals surface area contributed by atoms with Crippen molar-refractivity contribution in [2.75, 3.05) is 32.7 Å². The molecule has 2 N–H and O–H groups in total. The van der Waals surface area contributed by atoms with Crippen molar-refractivity contribution < 1.29 is 9.18 Å². The summed E-state index contributed by atoms with van der Waals surface area (Å²) in [5, 5.41) is 6.69. The summed E-state index contributed by atoms with van der Waals surface area (Å²) in [5.74, 6) is 0.923. The quantitative estimate of drug-likeness (QED) is 0.239. The third kappa shape index (κ3) is 7.12. The molecule has 1 aromatic rings. The van der Waals surface area contributed by atoms with Gasteiger partial charge in [-0.2, -0.15) is 0 Å². The predicted molar refractivity (Wildman–Crippen MR) is 126 cm³/mol. The molecule has 29 heavy (non-hydrogen) atoms. The molecule has 2 fully saturated rings. The minimum absolute atomic E-state index is 0. The van der Waals surface area contributed by atoms with E-state index in [0.717, 1.165) is 70.7 Å². The highest BCUT2D eigenvalue weighted by molar-refractivity contribution is 14.0. The molecule has 0 atom stereocenters. The first-order valence-electron chi connectivity index (χ1n) is 10.7. The molecule has 1 aromatic carbocycles. The van der Waals surface area contributed by atoms with Gasteiger partial charge in [0.1, 0.15) is 5.82 Å². The highest BCUT2D eigenvalue weighted by Gasteiger charge is 2.44. The van der Waals surface area contributed by atoms with E-state index in [2.05, 4.69) is 17.6 Å². The van der Waals surface area contributed by atoms with Crippen molar-refractivity contribution >= 4 is 35.8 Å². The van der Waals surface area contributed by atoms with Crippen LogP contribution < -0.4 is 10.6 Å². The van der Waals surface area contributed by atoms with Gasteiger partial charge in [0.25, 0.3) is 0 Å². The molecule has 0 unspecified atom stereocenters. The molecule has 2 aliphatic rings. The normalized spacial score (nSPS) is 18.6. The van der Waals surface area contributed by atoms with E-state index in [9.17, 15) is 9.18 Å². The van der Waals surface area contributed by atoms with Gasteiger partial charge in [-0.1, -0.05) is 18.6 Å². The molecule has 3 rings (SSSR count). The molecule has 1 saturated heterocycles. The number of aliphatic imine (C=N–C) groups is 1. The first-order valence-corrected chi connectivity index (χ1v) is 10.7. The van der Waals surface area contributed by atoms with Gasteiger partial charge in [0, 0.05) is 38.0 Å². The molecule has 1 amide bonds. The maximum atomic E-state index is 13.2. The Bertz CT molecular complexity index is 676. The number of hydrogen-bond acceptors (Lipinski definition) is 2. The van der Waals surface area contributed by atoms with Crippen molar-refractivity contribution in [2.24, 2.45) is 4.99 Å². The molecule has 5 nitrogen and oxygen atoms in total. The number of nitrogens with zero attached hydrogens (tertiary/aromatic N) is 2. The fourth-order valence-electron chi connectivity index (χ4n) is 3.82. The van der Waals surface area contributed by atoms with Crippen molar-refractivity contribution in [3.8, 4) is 0 Å². The minimum atomic E-state index is -0.194. The molecule has 0 bridgehead atoms.